The summed E-state index contributed by atoms with van der Waals surface area (Å²) in [5.74, 6) is -0.342. The lowest BCUT2D eigenvalue weighted by Gasteiger charge is -2.41. The van der Waals surface area contributed by atoms with Crippen LogP contribution in [0.15, 0.2) is 53.0 Å². The van der Waals surface area contributed by atoms with Gasteiger partial charge in [0.1, 0.15) is 21.0 Å². The number of piperazine rings is 1. The highest BCUT2D eigenvalue weighted by Crippen LogP contribution is 2.34. The number of alkyl halides is 3. The van der Waals surface area contributed by atoms with Gasteiger partial charge in [0.05, 0.1) is 35.0 Å². The predicted molar refractivity (Wildman–Crippen MR) is 136 cm³/mol. The standard InChI is InChI=1S/C25H25F4N5OS2/c1-16-11-22-18(13-31-34(22)20-5-3-19(26)4-6-20)12-21(16)23-15-33(37(35)24-14-30-17(2)36-24)10-9-32(23)8-7-25(27,28)29/h3-6,11-14,23H,7-10,15H2,1-2H3. The fourth-order valence-electron chi connectivity index (χ4n) is 4.67. The maximum absolute atomic E-state index is 13.4. The maximum atomic E-state index is 13.4. The van der Waals surface area contributed by atoms with E-state index in [-0.39, 0.29) is 18.4 Å². The van der Waals surface area contributed by atoms with E-state index in [0.29, 0.717) is 29.5 Å². The molecule has 1 saturated heterocycles. The molecule has 6 nitrogen and oxygen atoms in total. The molecular weight excluding hydrogens is 526 g/mol. The van der Waals surface area contributed by atoms with Gasteiger partial charge in [-0.1, -0.05) is 0 Å². The minimum atomic E-state index is -4.26. The second-order valence-electron chi connectivity index (χ2n) is 9.05. The van der Waals surface area contributed by atoms with Crippen LogP contribution in [0.2, 0.25) is 0 Å². The first-order valence-corrected chi connectivity index (χ1v) is 13.7. The van der Waals surface area contributed by atoms with Gasteiger partial charge in [-0.2, -0.15) is 18.3 Å². The van der Waals surface area contributed by atoms with Crippen LogP contribution < -0.4 is 0 Å². The van der Waals surface area contributed by atoms with Crippen molar-refractivity contribution in [2.45, 2.75) is 36.7 Å². The molecule has 12 heteroatoms. The molecule has 0 aliphatic carbocycles. The molecule has 1 aliphatic heterocycles. The van der Waals surface area contributed by atoms with E-state index in [1.165, 1.54) is 23.5 Å². The van der Waals surface area contributed by atoms with Crippen LogP contribution in [0.5, 0.6) is 0 Å². The van der Waals surface area contributed by atoms with E-state index in [4.69, 9.17) is 0 Å². The normalized spacial score (nSPS) is 18.5. The van der Waals surface area contributed by atoms with E-state index in [9.17, 15) is 21.8 Å². The summed E-state index contributed by atoms with van der Waals surface area (Å²) >= 11 is 1.36. The minimum absolute atomic E-state index is 0.138. The molecule has 0 amide bonds. The summed E-state index contributed by atoms with van der Waals surface area (Å²) in [6, 6.07) is 9.53. The van der Waals surface area contributed by atoms with Crippen LogP contribution in [0.4, 0.5) is 17.6 Å². The van der Waals surface area contributed by atoms with Gasteiger partial charge in [0.2, 0.25) is 0 Å². The van der Waals surface area contributed by atoms with Gasteiger partial charge in [-0.3, -0.25) is 4.90 Å². The number of thiazole rings is 1. The molecule has 0 N–H and O–H groups in total. The number of benzene rings is 2. The number of aryl methyl sites for hydroxylation is 2. The molecule has 0 saturated carbocycles. The van der Waals surface area contributed by atoms with Crippen molar-refractivity contribution in [1.82, 2.24) is 24.0 Å². The molecule has 0 bridgehead atoms. The topological polar surface area (TPSA) is 54.3 Å². The van der Waals surface area contributed by atoms with Gasteiger partial charge in [0, 0.05) is 37.6 Å². The smallest absolute Gasteiger partial charge is 0.293 e. The molecule has 5 rings (SSSR count). The Morgan fingerprint density at radius 3 is 2.54 bits per heavy atom. The van der Waals surface area contributed by atoms with Crippen molar-refractivity contribution in [1.29, 1.82) is 0 Å². The molecular formula is C25H25F4N5OS2. The number of hydrogen-bond donors (Lipinski definition) is 0. The van der Waals surface area contributed by atoms with E-state index in [0.717, 1.165) is 27.0 Å². The highest BCUT2D eigenvalue weighted by atomic mass is 32.2. The van der Waals surface area contributed by atoms with Gasteiger partial charge < -0.3 is 0 Å². The van der Waals surface area contributed by atoms with Crippen LogP contribution >= 0.6 is 11.3 Å². The molecule has 1 fully saturated rings. The van der Waals surface area contributed by atoms with E-state index in [2.05, 4.69) is 10.1 Å². The largest absolute Gasteiger partial charge is 0.390 e. The quantitative estimate of drug-likeness (QED) is 0.294. The number of fused-ring (bicyclic) bond motifs is 1. The Morgan fingerprint density at radius 1 is 1.11 bits per heavy atom. The predicted octanol–water partition coefficient (Wildman–Crippen LogP) is 5.57. The lowest BCUT2D eigenvalue weighted by Crippen LogP contribution is -2.49. The molecule has 2 aromatic carbocycles. The number of nitrogens with zero attached hydrogens (tertiary/aromatic N) is 5. The first-order chi connectivity index (χ1) is 17.6. The summed E-state index contributed by atoms with van der Waals surface area (Å²) in [5.41, 5.74) is 3.27. The molecule has 4 aromatic rings. The Hall–Kier alpha value is -2.67. The van der Waals surface area contributed by atoms with E-state index >= 15 is 0 Å². The first kappa shape index (κ1) is 26.0. The Balaban J connectivity index is 1.49. The Kier molecular flexibility index (Phi) is 7.18. The summed E-state index contributed by atoms with van der Waals surface area (Å²) in [6.45, 7) is 4.69. The van der Waals surface area contributed by atoms with Crippen LogP contribution in [0.25, 0.3) is 16.6 Å². The summed E-state index contributed by atoms with van der Waals surface area (Å²) in [6.07, 6.45) is -1.88. The number of halogens is 4. The first-order valence-electron chi connectivity index (χ1n) is 11.7. The van der Waals surface area contributed by atoms with Gasteiger partial charge >= 0.3 is 6.18 Å². The Labute approximate surface area is 218 Å². The zero-order valence-corrected chi connectivity index (χ0v) is 21.8. The highest BCUT2D eigenvalue weighted by Gasteiger charge is 2.35. The molecule has 2 aromatic heterocycles. The van der Waals surface area contributed by atoms with Gasteiger partial charge in [-0.05, 0) is 61.4 Å². The molecule has 196 valence electrons. The Morgan fingerprint density at radius 2 is 1.86 bits per heavy atom. The van der Waals surface area contributed by atoms with Crippen molar-refractivity contribution in [3.8, 4) is 5.69 Å². The molecule has 0 radical (unpaired) electrons. The summed E-state index contributed by atoms with van der Waals surface area (Å²) in [5, 5.41) is 6.09. The van der Waals surface area contributed by atoms with Crippen molar-refractivity contribution in [3.05, 3.63) is 70.7 Å². The number of rotatable bonds is 6. The minimum Gasteiger partial charge on any atom is -0.293 e. The third-order valence-electron chi connectivity index (χ3n) is 6.53. The molecule has 2 unspecified atom stereocenters. The van der Waals surface area contributed by atoms with Crippen molar-refractivity contribution in [2.24, 2.45) is 0 Å². The van der Waals surface area contributed by atoms with Crippen LogP contribution in [0.3, 0.4) is 0 Å². The monoisotopic (exact) mass is 551 g/mol. The second-order valence-corrected chi connectivity index (χ2v) is 12.0. The van der Waals surface area contributed by atoms with Gasteiger partial charge in [-0.25, -0.2) is 22.6 Å². The number of hydrogen-bond acceptors (Lipinski definition) is 5. The Bertz CT molecular complexity index is 1430. The van der Waals surface area contributed by atoms with Crippen molar-refractivity contribution < 1.29 is 21.8 Å². The van der Waals surface area contributed by atoms with Crippen LogP contribution in [-0.2, 0) is 11.0 Å². The lowest BCUT2D eigenvalue weighted by molar-refractivity contribution is -0.140. The third-order valence-corrected chi connectivity index (χ3v) is 9.16. The van der Waals surface area contributed by atoms with E-state index < -0.39 is 23.6 Å². The highest BCUT2D eigenvalue weighted by molar-refractivity contribution is 7.85. The molecule has 3 heterocycles. The third kappa shape index (κ3) is 5.62. The van der Waals surface area contributed by atoms with Crippen molar-refractivity contribution in [3.63, 3.8) is 0 Å². The van der Waals surface area contributed by atoms with Crippen LogP contribution in [0, 0.1) is 19.7 Å². The molecule has 1 aliphatic rings. The van der Waals surface area contributed by atoms with Crippen LogP contribution in [0.1, 0.15) is 28.6 Å². The molecule has 2 atom stereocenters. The van der Waals surface area contributed by atoms with Gasteiger partial charge in [0.25, 0.3) is 0 Å². The van der Waals surface area contributed by atoms with Gasteiger partial charge in [0.15, 0.2) is 0 Å². The zero-order chi connectivity index (χ0) is 26.3. The SMILES string of the molecule is Cc1ncc(S(=O)N2CCN(CCC(F)(F)F)C(c3cc4cnn(-c5ccc(F)cc5)c4cc3C)C2)s1. The molecule has 0 spiro atoms. The van der Waals surface area contributed by atoms with Crippen molar-refractivity contribution >= 4 is 33.2 Å². The van der Waals surface area contributed by atoms with E-state index in [1.54, 1.807) is 29.2 Å². The average molecular weight is 552 g/mol. The van der Waals surface area contributed by atoms with Gasteiger partial charge in [-0.15, -0.1) is 11.3 Å². The van der Waals surface area contributed by atoms with E-state index in [1.807, 2.05) is 35.2 Å². The second kappa shape index (κ2) is 10.2. The fraction of sp³-hybridized carbons (Fsp3) is 0.360. The lowest BCUT2D eigenvalue weighted by atomic mass is 9.96. The summed E-state index contributed by atoms with van der Waals surface area (Å²) < 4.78 is 70.2. The summed E-state index contributed by atoms with van der Waals surface area (Å²) in [7, 11) is -1.44. The average Bonchev–Trinajstić information content (AvgIpc) is 3.47. The van der Waals surface area contributed by atoms with Crippen LogP contribution in [-0.4, -0.2) is 60.5 Å². The molecule has 37 heavy (non-hydrogen) atoms. The van der Waals surface area contributed by atoms with Crippen molar-refractivity contribution in [2.75, 3.05) is 26.2 Å². The zero-order valence-electron chi connectivity index (χ0n) is 20.2. The maximum Gasteiger partial charge on any atom is 0.390 e. The fourth-order valence-corrected chi connectivity index (χ4v) is 7.06. The number of aromatic nitrogens is 3. The summed E-state index contributed by atoms with van der Waals surface area (Å²) in [4.78, 5) is 6.03.